The molecule has 0 radical (unpaired) electrons. The molecule has 0 spiro atoms. The summed E-state index contributed by atoms with van der Waals surface area (Å²) in [6.07, 6.45) is 4.93. The number of halogens is 1. The maximum atomic E-state index is 12.9. The zero-order valence-electron chi connectivity index (χ0n) is 6.59. The van der Waals surface area contributed by atoms with E-state index in [0.717, 1.165) is 19.3 Å². The molecule has 1 saturated carbocycles. The van der Waals surface area contributed by atoms with E-state index in [2.05, 4.69) is 6.08 Å². The maximum absolute atomic E-state index is 12.9. The predicted molar refractivity (Wildman–Crippen MR) is 42.9 cm³/mol. The monoisotopic (exact) mass is 155 g/mol. The minimum absolute atomic E-state index is 0.286. The van der Waals surface area contributed by atoms with Gasteiger partial charge in [-0.1, -0.05) is 11.6 Å². The van der Waals surface area contributed by atoms with Crippen LogP contribution in [0.4, 0.5) is 4.39 Å². The van der Waals surface area contributed by atoms with E-state index in [9.17, 15) is 4.39 Å². The Labute approximate surface area is 66.5 Å². The molecule has 1 nitrogen and oxygen atoms in total. The highest BCUT2D eigenvalue weighted by Crippen LogP contribution is 2.39. The third-order valence-corrected chi connectivity index (χ3v) is 2.79. The highest BCUT2D eigenvalue weighted by molar-refractivity contribution is 5.17. The highest BCUT2D eigenvalue weighted by atomic mass is 19.1. The SMILES string of the molecule is NC1CC=C2CC(F)CC2C1. The van der Waals surface area contributed by atoms with Crippen molar-refractivity contribution >= 4 is 0 Å². The van der Waals surface area contributed by atoms with Gasteiger partial charge < -0.3 is 5.73 Å². The first-order chi connectivity index (χ1) is 5.25. The van der Waals surface area contributed by atoms with Gasteiger partial charge in [-0.2, -0.15) is 0 Å². The summed E-state index contributed by atoms with van der Waals surface area (Å²) in [5, 5.41) is 0. The zero-order chi connectivity index (χ0) is 7.84. The van der Waals surface area contributed by atoms with Crippen LogP contribution in [0, 0.1) is 5.92 Å². The van der Waals surface area contributed by atoms with Gasteiger partial charge in [-0.3, -0.25) is 0 Å². The molecule has 0 aromatic carbocycles. The smallest absolute Gasteiger partial charge is 0.104 e. The summed E-state index contributed by atoms with van der Waals surface area (Å²) in [5.74, 6) is 0.480. The molecule has 62 valence electrons. The van der Waals surface area contributed by atoms with Crippen LogP contribution in [0.15, 0.2) is 11.6 Å². The van der Waals surface area contributed by atoms with Crippen molar-refractivity contribution in [2.24, 2.45) is 11.7 Å². The van der Waals surface area contributed by atoms with Gasteiger partial charge in [0, 0.05) is 6.04 Å². The van der Waals surface area contributed by atoms with Gasteiger partial charge in [-0.05, 0) is 31.6 Å². The van der Waals surface area contributed by atoms with E-state index < -0.39 is 6.17 Å². The molecule has 0 saturated heterocycles. The second-order valence-electron chi connectivity index (χ2n) is 3.74. The van der Waals surface area contributed by atoms with Gasteiger partial charge in [0.05, 0.1) is 0 Å². The van der Waals surface area contributed by atoms with E-state index in [0.29, 0.717) is 12.3 Å². The molecule has 0 aromatic heterocycles. The fraction of sp³-hybridized carbons (Fsp3) is 0.778. The van der Waals surface area contributed by atoms with E-state index >= 15 is 0 Å². The molecule has 0 heterocycles. The second kappa shape index (κ2) is 2.59. The average Bonchev–Trinajstić information content (AvgIpc) is 2.27. The van der Waals surface area contributed by atoms with Crippen molar-refractivity contribution in [1.82, 2.24) is 0 Å². The molecule has 2 aliphatic rings. The lowest BCUT2D eigenvalue weighted by atomic mass is 9.87. The summed E-state index contributed by atoms with van der Waals surface area (Å²) in [5.41, 5.74) is 7.10. The van der Waals surface area contributed by atoms with Gasteiger partial charge in [0.1, 0.15) is 6.17 Å². The Hall–Kier alpha value is -0.370. The molecule has 2 rings (SSSR count). The molecule has 2 N–H and O–H groups in total. The molecule has 0 aliphatic heterocycles. The molecule has 3 unspecified atom stereocenters. The minimum atomic E-state index is -0.587. The number of alkyl halides is 1. The van der Waals surface area contributed by atoms with Crippen molar-refractivity contribution in [2.45, 2.75) is 37.9 Å². The predicted octanol–water partition coefficient (Wildman–Crippen LogP) is 1.78. The lowest BCUT2D eigenvalue weighted by Gasteiger charge is -2.21. The first-order valence-electron chi connectivity index (χ1n) is 4.34. The third-order valence-electron chi connectivity index (χ3n) is 2.79. The van der Waals surface area contributed by atoms with Crippen LogP contribution in [0.3, 0.4) is 0 Å². The number of fused-ring (bicyclic) bond motifs is 1. The normalized spacial score (nSPS) is 43.5. The van der Waals surface area contributed by atoms with E-state index in [-0.39, 0.29) is 6.04 Å². The number of rotatable bonds is 0. The topological polar surface area (TPSA) is 26.0 Å². The van der Waals surface area contributed by atoms with Gasteiger partial charge >= 0.3 is 0 Å². The van der Waals surface area contributed by atoms with E-state index in [4.69, 9.17) is 5.73 Å². The summed E-state index contributed by atoms with van der Waals surface area (Å²) in [7, 11) is 0. The molecule has 2 heteroatoms. The van der Waals surface area contributed by atoms with Gasteiger partial charge in [0.2, 0.25) is 0 Å². The minimum Gasteiger partial charge on any atom is -0.327 e. The molecule has 2 aliphatic carbocycles. The second-order valence-corrected chi connectivity index (χ2v) is 3.74. The summed E-state index contributed by atoms with van der Waals surface area (Å²) in [4.78, 5) is 0. The molecule has 1 fully saturated rings. The summed E-state index contributed by atoms with van der Waals surface area (Å²) < 4.78 is 12.9. The Kier molecular flexibility index (Phi) is 1.72. The van der Waals surface area contributed by atoms with Crippen molar-refractivity contribution in [1.29, 1.82) is 0 Å². The Bertz CT molecular complexity index is 188. The van der Waals surface area contributed by atoms with Gasteiger partial charge in [-0.25, -0.2) is 4.39 Å². The van der Waals surface area contributed by atoms with Crippen LogP contribution in [0.2, 0.25) is 0 Å². The lowest BCUT2D eigenvalue weighted by molar-refractivity contribution is 0.323. The van der Waals surface area contributed by atoms with Crippen LogP contribution >= 0.6 is 0 Å². The van der Waals surface area contributed by atoms with Crippen LogP contribution in [0.5, 0.6) is 0 Å². The quantitative estimate of drug-likeness (QED) is 0.530. The molecule has 3 atom stereocenters. The lowest BCUT2D eigenvalue weighted by Crippen LogP contribution is -2.25. The molecular formula is C9H14FN. The molecule has 0 bridgehead atoms. The van der Waals surface area contributed by atoms with Gasteiger partial charge in [0.15, 0.2) is 0 Å². The van der Waals surface area contributed by atoms with E-state index in [1.54, 1.807) is 0 Å². The molecular weight excluding hydrogens is 141 g/mol. The van der Waals surface area contributed by atoms with Crippen LogP contribution < -0.4 is 5.73 Å². The summed E-state index contributed by atoms with van der Waals surface area (Å²) >= 11 is 0. The maximum Gasteiger partial charge on any atom is 0.104 e. The number of allylic oxidation sites excluding steroid dienone is 1. The van der Waals surface area contributed by atoms with Crippen molar-refractivity contribution in [3.63, 3.8) is 0 Å². The van der Waals surface area contributed by atoms with Crippen LogP contribution in [0.1, 0.15) is 25.7 Å². The van der Waals surface area contributed by atoms with E-state index in [1.807, 2.05) is 0 Å². The molecule has 0 amide bonds. The zero-order valence-corrected chi connectivity index (χ0v) is 6.59. The fourth-order valence-electron chi connectivity index (χ4n) is 2.23. The Morgan fingerprint density at radius 1 is 1.45 bits per heavy atom. The van der Waals surface area contributed by atoms with Crippen molar-refractivity contribution in [2.75, 3.05) is 0 Å². The fourth-order valence-corrected chi connectivity index (χ4v) is 2.23. The third kappa shape index (κ3) is 1.32. The molecule has 0 aromatic rings. The molecule has 11 heavy (non-hydrogen) atoms. The number of hydrogen-bond acceptors (Lipinski definition) is 1. The van der Waals surface area contributed by atoms with Gasteiger partial charge in [-0.15, -0.1) is 0 Å². The largest absolute Gasteiger partial charge is 0.327 e. The van der Waals surface area contributed by atoms with Crippen LogP contribution in [-0.2, 0) is 0 Å². The first-order valence-corrected chi connectivity index (χ1v) is 4.34. The van der Waals surface area contributed by atoms with Crippen molar-refractivity contribution in [3.8, 4) is 0 Å². The van der Waals surface area contributed by atoms with Crippen LogP contribution in [0.25, 0.3) is 0 Å². The Morgan fingerprint density at radius 3 is 3.09 bits per heavy atom. The van der Waals surface area contributed by atoms with Crippen molar-refractivity contribution < 1.29 is 4.39 Å². The summed E-state index contributed by atoms with van der Waals surface area (Å²) in [6, 6.07) is 0.286. The van der Waals surface area contributed by atoms with Gasteiger partial charge in [0.25, 0.3) is 0 Å². The van der Waals surface area contributed by atoms with E-state index in [1.165, 1.54) is 5.57 Å². The highest BCUT2D eigenvalue weighted by Gasteiger charge is 2.32. The standard InChI is InChI=1S/C9H14FN/c10-8-3-6-1-2-9(11)5-7(6)4-8/h1,7-9H,2-5,11H2. The number of nitrogens with two attached hydrogens (primary N) is 1. The number of hydrogen-bond donors (Lipinski definition) is 1. The average molecular weight is 155 g/mol. The Morgan fingerprint density at radius 2 is 2.27 bits per heavy atom. The van der Waals surface area contributed by atoms with Crippen LogP contribution in [-0.4, -0.2) is 12.2 Å². The van der Waals surface area contributed by atoms with Crippen molar-refractivity contribution in [3.05, 3.63) is 11.6 Å². The Balaban J connectivity index is 2.11. The first kappa shape index (κ1) is 7.29. The summed E-state index contributed by atoms with van der Waals surface area (Å²) in [6.45, 7) is 0.